The van der Waals surface area contributed by atoms with E-state index in [-0.39, 0.29) is 16.5 Å². The van der Waals surface area contributed by atoms with Gasteiger partial charge >= 0.3 is 11.8 Å². The zero-order valence-corrected chi connectivity index (χ0v) is 16.1. The number of alkyl halides is 3. The molecular formula is C20H15F3N2O2S. The Kier molecular flexibility index (Phi) is 5.22. The summed E-state index contributed by atoms with van der Waals surface area (Å²) in [6.45, 7) is 5.17. The van der Waals surface area contributed by atoms with Gasteiger partial charge in [-0.25, -0.2) is 9.78 Å². The normalized spacial score (nSPS) is 11.6. The fraction of sp³-hybridized carbons (Fsp3) is 0.250. The summed E-state index contributed by atoms with van der Waals surface area (Å²) in [5.74, 6) is 0.174. The Labute approximate surface area is 163 Å². The zero-order chi connectivity index (χ0) is 20.6. The fourth-order valence-corrected chi connectivity index (χ4v) is 3.91. The molecule has 3 rings (SSSR count). The van der Waals surface area contributed by atoms with Crippen LogP contribution < -0.4 is 5.63 Å². The van der Waals surface area contributed by atoms with Crippen molar-refractivity contribution in [3.63, 3.8) is 0 Å². The Balaban J connectivity index is 2.07. The molecule has 0 N–H and O–H groups in total. The van der Waals surface area contributed by atoms with Crippen molar-refractivity contribution < 1.29 is 17.6 Å². The third-order valence-corrected chi connectivity index (χ3v) is 5.44. The molecule has 2 heterocycles. The number of halogens is 3. The molecule has 28 heavy (non-hydrogen) atoms. The molecule has 0 aliphatic heterocycles. The maximum Gasteiger partial charge on any atom is 0.417 e. The number of hydrogen-bond donors (Lipinski definition) is 0. The molecule has 3 aromatic rings. The highest BCUT2D eigenvalue weighted by Gasteiger charge is 2.35. The second kappa shape index (κ2) is 7.32. The van der Waals surface area contributed by atoms with Crippen LogP contribution in [0.15, 0.2) is 38.5 Å². The molecule has 2 aromatic heterocycles. The Morgan fingerprint density at radius 1 is 1.21 bits per heavy atom. The minimum Gasteiger partial charge on any atom is -0.422 e. The third-order valence-electron chi connectivity index (χ3n) is 4.41. The van der Waals surface area contributed by atoms with E-state index >= 15 is 0 Å². The van der Waals surface area contributed by atoms with Crippen LogP contribution in [0.25, 0.3) is 11.0 Å². The Morgan fingerprint density at radius 2 is 1.93 bits per heavy atom. The highest BCUT2D eigenvalue weighted by Crippen LogP contribution is 2.37. The Bertz CT molecular complexity index is 1180. The van der Waals surface area contributed by atoms with Crippen LogP contribution in [0.2, 0.25) is 0 Å². The summed E-state index contributed by atoms with van der Waals surface area (Å²) < 4.78 is 45.1. The molecule has 0 fully saturated rings. The lowest BCUT2D eigenvalue weighted by Crippen LogP contribution is -2.10. The maximum absolute atomic E-state index is 13.3. The van der Waals surface area contributed by atoms with Gasteiger partial charge in [0, 0.05) is 22.9 Å². The molecule has 0 atom stereocenters. The number of pyridine rings is 1. The summed E-state index contributed by atoms with van der Waals surface area (Å²) in [5, 5.41) is 9.96. The van der Waals surface area contributed by atoms with Crippen LogP contribution in [0.4, 0.5) is 13.2 Å². The number of aromatic nitrogens is 1. The van der Waals surface area contributed by atoms with Gasteiger partial charge in [0.05, 0.1) is 11.1 Å². The maximum atomic E-state index is 13.3. The molecule has 144 valence electrons. The molecular weight excluding hydrogens is 389 g/mol. The first kappa shape index (κ1) is 20.0. The van der Waals surface area contributed by atoms with E-state index in [1.165, 1.54) is 13.0 Å². The monoisotopic (exact) mass is 404 g/mol. The molecule has 1 aromatic carbocycles. The van der Waals surface area contributed by atoms with E-state index in [1.807, 2.05) is 26.0 Å². The average molecular weight is 404 g/mol. The van der Waals surface area contributed by atoms with Crippen molar-refractivity contribution in [2.75, 3.05) is 0 Å². The van der Waals surface area contributed by atoms with Gasteiger partial charge in [0.2, 0.25) is 0 Å². The van der Waals surface area contributed by atoms with Gasteiger partial charge in [-0.05, 0) is 43.5 Å². The van der Waals surface area contributed by atoms with E-state index in [0.29, 0.717) is 16.5 Å². The van der Waals surface area contributed by atoms with E-state index in [9.17, 15) is 23.2 Å². The SMILES string of the molecule is Cc1cc(C(F)(F)F)c(C#N)c(SCc2cc(=O)oc3c(C)c(C)ccc23)n1. The number of fused-ring (bicyclic) bond motifs is 1. The third kappa shape index (κ3) is 3.76. The highest BCUT2D eigenvalue weighted by molar-refractivity contribution is 7.98. The van der Waals surface area contributed by atoms with Gasteiger partial charge < -0.3 is 4.42 Å². The van der Waals surface area contributed by atoms with E-state index in [0.717, 1.165) is 29.0 Å². The standard InChI is InChI=1S/C20H15F3N2O2S/c1-10-4-5-14-13(7-17(26)27-18(14)12(10)3)9-28-19-15(8-24)16(20(21,22)23)6-11(2)25-19/h4-7H,9H2,1-3H3. The van der Waals surface area contributed by atoms with Gasteiger partial charge in [0.15, 0.2) is 0 Å². The summed E-state index contributed by atoms with van der Waals surface area (Å²) in [7, 11) is 0. The van der Waals surface area contributed by atoms with Crippen LogP contribution in [0.3, 0.4) is 0 Å². The van der Waals surface area contributed by atoms with Crippen molar-refractivity contribution in [2.24, 2.45) is 0 Å². The second-order valence-electron chi connectivity index (χ2n) is 6.36. The van der Waals surface area contributed by atoms with Gasteiger partial charge in [-0.1, -0.05) is 12.1 Å². The van der Waals surface area contributed by atoms with Crippen LogP contribution in [-0.4, -0.2) is 4.98 Å². The van der Waals surface area contributed by atoms with Gasteiger partial charge in [-0.2, -0.15) is 18.4 Å². The Morgan fingerprint density at radius 3 is 2.57 bits per heavy atom. The summed E-state index contributed by atoms with van der Waals surface area (Å²) in [4.78, 5) is 16.1. The molecule has 0 saturated carbocycles. The van der Waals surface area contributed by atoms with Gasteiger partial charge in [-0.3, -0.25) is 0 Å². The van der Waals surface area contributed by atoms with E-state index < -0.39 is 22.9 Å². The van der Waals surface area contributed by atoms with Crippen LogP contribution in [0, 0.1) is 32.1 Å². The lowest BCUT2D eigenvalue weighted by Gasteiger charge is -2.13. The van der Waals surface area contributed by atoms with E-state index in [1.54, 1.807) is 6.07 Å². The molecule has 4 nitrogen and oxygen atoms in total. The van der Waals surface area contributed by atoms with Gasteiger partial charge in [0.1, 0.15) is 16.7 Å². The zero-order valence-electron chi connectivity index (χ0n) is 15.3. The molecule has 0 bridgehead atoms. The van der Waals surface area contributed by atoms with Crippen molar-refractivity contribution >= 4 is 22.7 Å². The van der Waals surface area contributed by atoms with Crippen molar-refractivity contribution in [1.29, 1.82) is 5.26 Å². The van der Waals surface area contributed by atoms with E-state index in [4.69, 9.17) is 4.42 Å². The van der Waals surface area contributed by atoms with Crippen LogP contribution in [0.5, 0.6) is 0 Å². The number of thioether (sulfide) groups is 1. The molecule has 0 unspecified atom stereocenters. The van der Waals surface area contributed by atoms with Crippen LogP contribution in [-0.2, 0) is 11.9 Å². The average Bonchev–Trinajstić information content (AvgIpc) is 2.62. The lowest BCUT2D eigenvalue weighted by atomic mass is 10.0. The topological polar surface area (TPSA) is 66.9 Å². The minimum atomic E-state index is -4.65. The van der Waals surface area contributed by atoms with Gasteiger partial charge in [0.25, 0.3) is 0 Å². The second-order valence-corrected chi connectivity index (χ2v) is 7.33. The highest BCUT2D eigenvalue weighted by atomic mass is 32.2. The molecule has 0 radical (unpaired) electrons. The predicted octanol–water partition coefficient (Wildman–Crippen LogP) is 5.30. The molecule has 0 amide bonds. The lowest BCUT2D eigenvalue weighted by molar-refractivity contribution is -0.138. The number of benzene rings is 1. The number of hydrogen-bond acceptors (Lipinski definition) is 5. The van der Waals surface area contributed by atoms with Crippen molar-refractivity contribution in [3.05, 3.63) is 68.2 Å². The number of nitrogens with zero attached hydrogens (tertiary/aromatic N) is 2. The molecule has 0 saturated heterocycles. The molecule has 0 spiro atoms. The largest absolute Gasteiger partial charge is 0.422 e. The first-order valence-electron chi connectivity index (χ1n) is 8.26. The summed E-state index contributed by atoms with van der Waals surface area (Å²) in [6.07, 6.45) is -4.65. The van der Waals surface area contributed by atoms with Crippen molar-refractivity contribution in [1.82, 2.24) is 4.98 Å². The number of nitriles is 1. The Hall–Kier alpha value is -2.79. The first-order valence-corrected chi connectivity index (χ1v) is 9.25. The first-order chi connectivity index (χ1) is 13.1. The summed E-state index contributed by atoms with van der Waals surface area (Å²) in [5.41, 5.74) is 0.964. The number of aryl methyl sites for hydroxylation is 3. The summed E-state index contributed by atoms with van der Waals surface area (Å²) >= 11 is 0.989. The van der Waals surface area contributed by atoms with Crippen molar-refractivity contribution in [3.8, 4) is 6.07 Å². The quantitative estimate of drug-likeness (QED) is 0.438. The minimum absolute atomic E-state index is 0.0138. The molecule has 0 aliphatic rings. The molecule has 8 heteroatoms. The van der Waals surface area contributed by atoms with Gasteiger partial charge in [-0.15, -0.1) is 11.8 Å². The predicted molar refractivity (Wildman–Crippen MR) is 100 cm³/mol. The number of rotatable bonds is 3. The smallest absolute Gasteiger partial charge is 0.417 e. The van der Waals surface area contributed by atoms with Crippen LogP contribution in [0.1, 0.15) is 33.5 Å². The van der Waals surface area contributed by atoms with E-state index in [2.05, 4.69) is 4.98 Å². The summed E-state index contributed by atoms with van der Waals surface area (Å²) in [6, 6.07) is 7.49. The van der Waals surface area contributed by atoms with Crippen LogP contribution >= 0.6 is 11.8 Å². The van der Waals surface area contributed by atoms with Crippen molar-refractivity contribution in [2.45, 2.75) is 37.7 Å². The fourth-order valence-electron chi connectivity index (χ4n) is 2.87. The molecule has 0 aliphatic carbocycles.